The van der Waals surface area contributed by atoms with Crippen LogP contribution in [0.15, 0.2) is 36.4 Å². The van der Waals surface area contributed by atoms with Gasteiger partial charge in [-0.1, -0.05) is 0 Å². The lowest BCUT2D eigenvalue weighted by molar-refractivity contribution is -0.385. The van der Waals surface area contributed by atoms with Gasteiger partial charge in [0.15, 0.2) is 23.9 Å². The molecule has 0 amide bonds. The Morgan fingerprint density at radius 1 is 1.15 bits per heavy atom. The lowest BCUT2D eigenvalue weighted by Gasteiger charge is -2.13. The quantitative estimate of drug-likeness (QED) is 0.455. The molecule has 0 aliphatic carbocycles. The Hall–Kier alpha value is -3.30. The molecular formula is C16H10F3NO6. The van der Waals surface area contributed by atoms with Gasteiger partial charge in [-0.2, -0.15) is 13.2 Å². The van der Waals surface area contributed by atoms with Gasteiger partial charge in [-0.05, 0) is 24.3 Å². The highest BCUT2D eigenvalue weighted by atomic mass is 19.4. The molecule has 0 N–H and O–H groups in total. The fourth-order valence-corrected chi connectivity index (χ4v) is 2.28. The largest absolute Gasteiger partial charge is 0.485 e. The van der Waals surface area contributed by atoms with E-state index in [1.54, 1.807) is 0 Å². The molecular weight excluding hydrogens is 359 g/mol. The molecule has 0 saturated carbocycles. The lowest BCUT2D eigenvalue weighted by atomic mass is 10.1. The van der Waals surface area contributed by atoms with Crippen molar-refractivity contribution < 1.29 is 37.1 Å². The Bertz CT molecular complexity index is 881. The molecule has 7 nitrogen and oxygen atoms in total. The normalized spacial score (nSPS) is 12.7. The van der Waals surface area contributed by atoms with Gasteiger partial charge in [-0.3, -0.25) is 14.9 Å². The number of non-ortho nitro benzene ring substituents is 1. The van der Waals surface area contributed by atoms with E-state index in [1.165, 1.54) is 18.2 Å². The summed E-state index contributed by atoms with van der Waals surface area (Å²) < 4.78 is 54.4. The van der Waals surface area contributed by atoms with E-state index in [9.17, 15) is 28.1 Å². The molecule has 2 aromatic carbocycles. The van der Waals surface area contributed by atoms with Crippen molar-refractivity contribution in [2.75, 3.05) is 13.4 Å². The number of ether oxygens (including phenoxy) is 3. The van der Waals surface area contributed by atoms with E-state index >= 15 is 0 Å². The summed E-state index contributed by atoms with van der Waals surface area (Å²) in [4.78, 5) is 21.9. The van der Waals surface area contributed by atoms with Gasteiger partial charge in [0.05, 0.1) is 4.92 Å². The van der Waals surface area contributed by atoms with Gasteiger partial charge in [0, 0.05) is 17.7 Å². The summed E-state index contributed by atoms with van der Waals surface area (Å²) in [7, 11) is 0. The van der Waals surface area contributed by atoms with Crippen molar-refractivity contribution in [2.24, 2.45) is 0 Å². The highest BCUT2D eigenvalue weighted by Crippen LogP contribution is 2.38. The second-order valence-corrected chi connectivity index (χ2v) is 5.22. The number of fused-ring (bicyclic) bond motifs is 1. The molecule has 1 aliphatic rings. The first-order valence-corrected chi connectivity index (χ1v) is 7.17. The number of nitro groups is 1. The van der Waals surface area contributed by atoms with Crippen LogP contribution in [-0.2, 0) is 6.18 Å². The number of carbonyl (C=O) groups is 1. The minimum absolute atomic E-state index is 0.0151. The van der Waals surface area contributed by atoms with Crippen molar-refractivity contribution in [1.82, 2.24) is 0 Å². The zero-order valence-electron chi connectivity index (χ0n) is 12.9. The smallest absolute Gasteiger partial charge is 0.420 e. The summed E-state index contributed by atoms with van der Waals surface area (Å²) in [6.45, 7) is -0.665. The third-order valence-corrected chi connectivity index (χ3v) is 3.53. The molecule has 26 heavy (non-hydrogen) atoms. The van der Waals surface area contributed by atoms with Crippen molar-refractivity contribution in [3.8, 4) is 17.2 Å². The first-order chi connectivity index (χ1) is 12.3. The van der Waals surface area contributed by atoms with E-state index in [4.69, 9.17) is 14.2 Å². The van der Waals surface area contributed by atoms with Gasteiger partial charge in [-0.15, -0.1) is 0 Å². The minimum atomic E-state index is -4.87. The fourth-order valence-electron chi connectivity index (χ4n) is 2.28. The van der Waals surface area contributed by atoms with Crippen molar-refractivity contribution in [3.05, 3.63) is 57.6 Å². The summed E-state index contributed by atoms with van der Waals surface area (Å²) in [5.74, 6) is -0.452. The monoisotopic (exact) mass is 369 g/mol. The van der Waals surface area contributed by atoms with Crippen molar-refractivity contribution in [3.63, 3.8) is 0 Å². The molecule has 2 aromatic rings. The number of carbonyl (C=O) groups excluding carboxylic acids is 1. The van der Waals surface area contributed by atoms with E-state index < -0.39 is 40.5 Å². The Balaban J connectivity index is 1.78. The molecule has 1 heterocycles. The highest BCUT2D eigenvalue weighted by Gasteiger charge is 2.36. The minimum Gasteiger partial charge on any atom is -0.485 e. The van der Waals surface area contributed by atoms with Gasteiger partial charge >= 0.3 is 6.18 Å². The average molecular weight is 369 g/mol. The second kappa shape index (κ2) is 6.54. The van der Waals surface area contributed by atoms with Crippen LogP contribution in [0.1, 0.15) is 15.9 Å². The third kappa shape index (κ3) is 3.53. The summed E-state index contributed by atoms with van der Waals surface area (Å²) in [6, 6.07) is 6.38. The Kier molecular flexibility index (Phi) is 4.41. The molecule has 3 rings (SSSR count). The topological polar surface area (TPSA) is 87.9 Å². The standard InChI is InChI=1S/C16H10F3NO6/c17-16(18,19)11-6-10(20(22)23)2-4-13(11)24-7-12(21)9-1-3-14-15(5-9)26-8-25-14/h1-6H,7-8H2. The van der Waals surface area contributed by atoms with E-state index in [2.05, 4.69) is 0 Å². The number of hydrogen-bond donors (Lipinski definition) is 0. The van der Waals surface area contributed by atoms with Crippen molar-refractivity contribution in [2.45, 2.75) is 6.18 Å². The summed E-state index contributed by atoms with van der Waals surface area (Å²) in [5.41, 5.74) is -1.89. The van der Waals surface area contributed by atoms with Gasteiger partial charge < -0.3 is 14.2 Å². The molecule has 0 radical (unpaired) electrons. The van der Waals surface area contributed by atoms with Crippen LogP contribution in [0.25, 0.3) is 0 Å². The van der Waals surface area contributed by atoms with Crippen LogP contribution >= 0.6 is 0 Å². The number of hydrogen-bond acceptors (Lipinski definition) is 6. The van der Waals surface area contributed by atoms with Crippen molar-refractivity contribution >= 4 is 11.5 Å². The van der Waals surface area contributed by atoms with Crippen LogP contribution in [0.5, 0.6) is 17.2 Å². The molecule has 0 bridgehead atoms. The van der Waals surface area contributed by atoms with Gasteiger partial charge in [0.25, 0.3) is 5.69 Å². The Morgan fingerprint density at radius 2 is 1.88 bits per heavy atom. The van der Waals surface area contributed by atoms with E-state index in [-0.39, 0.29) is 12.4 Å². The van der Waals surface area contributed by atoms with Crippen molar-refractivity contribution in [1.29, 1.82) is 0 Å². The molecule has 0 fully saturated rings. The SMILES string of the molecule is O=C(COc1ccc([N+](=O)[O-])cc1C(F)(F)F)c1ccc2c(c1)OCO2. The third-order valence-electron chi connectivity index (χ3n) is 3.53. The fraction of sp³-hybridized carbons (Fsp3) is 0.188. The van der Waals surface area contributed by atoms with Gasteiger partial charge in [0.1, 0.15) is 11.3 Å². The van der Waals surface area contributed by atoms with Crippen LogP contribution in [-0.4, -0.2) is 24.1 Å². The molecule has 10 heteroatoms. The maximum Gasteiger partial charge on any atom is 0.420 e. The number of Topliss-reactive ketones (excluding diaryl/α,β-unsaturated/α-hetero) is 1. The van der Waals surface area contributed by atoms with Crippen LogP contribution in [0.2, 0.25) is 0 Å². The van der Waals surface area contributed by atoms with Crippen LogP contribution in [0.4, 0.5) is 18.9 Å². The number of rotatable bonds is 5. The summed E-state index contributed by atoms with van der Waals surface area (Å²) in [6.07, 6.45) is -4.87. The summed E-state index contributed by atoms with van der Waals surface area (Å²) >= 11 is 0. The molecule has 0 unspecified atom stereocenters. The number of benzene rings is 2. The lowest BCUT2D eigenvalue weighted by Crippen LogP contribution is -2.15. The zero-order chi connectivity index (χ0) is 18.9. The first-order valence-electron chi connectivity index (χ1n) is 7.17. The van der Waals surface area contributed by atoms with Gasteiger partial charge in [-0.25, -0.2) is 0 Å². The maximum absolute atomic E-state index is 13.1. The number of ketones is 1. The van der Waals surface area contributed by atoms with Gasteiger partial charge in [0.2, 0.25) is 6.79 Å². The molecule has 1 aliphatic heterocycles. The Morgan fingerprint density at radius 3 is 2.58 bits per heavy atom. The highest BCUT2D eigenvalue weighted by molar-refractivity contribution is 5.97. The zero-order valence-corrected chi connectivity index (χ0v) is 12.9. The second-order valence-electron chi connectivity index (χ2n) is 5.22. The van der Waals surface area contributed by atoms with Crippen LogP contribution < -0.4 is 14.2 Å². The molecule has 0 spiro atoms. The number of alkyl halides is 3. The molecule has 0 saturated heterocycles. The maximum atomic E-state index is 13.1. The van der Waals surface area contributed by atoms with E-state index in [0.717, 1.165) is 12.1 Å². The van der Waals surface area contributed by atoms with Crippen LogP contribution in [0, 0.1) is 10.1 Å². The van der Waals surface area contributed by atoms with E-state index in [1.807, 2.05) is 0 Å². The summed E-state index contributed by atoms with van der Waals surface area (Å²) in [5, 5.41) is 10.7. The predicted molar refractivity (Wildman–Crippen MR) is 80.5 cm³/mol. The predicted octanol–water partition coefficient (Wildman–Crippen LogP) is 3.60. The molecule has 0 aromatic heterocycles. The number of nitro benzene ring substituents is 1. The van der Waals surface area contributed by atoms with Crippen LogP contribution in [0.3, 0.4) is 0 Å². The number of nitrogens with zero attached hydrogens (tertiary/aromatic N) is 1. The first kappa shape index (κ1) is 17.5. The number of halogens is 3. The Labute approximate surface area is 144 Å². The molecule has 0 atom stereocenters. The molecule has 136 valence electrons. The average Bonchev–Trinajstić information content (AvgIpc) is 3.06. The van der Waals surface area contributed by atoms with E-state index in [0.29, 0.717) is 17.6 Å².